The number of hydrogen-bond donors (Lipinski definition) is 1. The predicted octanol–water partition coefficient (Wildman–Crippen LogP) is 3.33. The molecular formula is C23H20F6N6O3. The molecule has 1 unspecified atom stereocenters. The van der Waals surface area contributed by atoms with Crippen molar-refractivity contribution < 1.29 is 36.2 Å². The molecule has 0 amide bonds. The van der Waals surface area contributed by atoms with E-state index in [9.17, 15) is 36.2 Å². The van der Waals surface area contributed by atoms with Gasteiger partial charge in [-0.25, -0.2) is 41.3 Å². The molecule has 0 saturated heterocycles. The first-order chi connectivity index (χ1) is 17.9. The number of alkyl halides is 4. The Morgan fingerprint density at radius 2 is 1.76 bits per heavy atom. The van der Waals surface area contributed by atoms with Gasteiger partial charge in [-0.3, -0.25) is 0 Å². The lowest BCUT2D eigenvalue weighted by molar-refractivity contribution is -0.148. The van der Waals surface area contributed by atoms with Gasteiger partial charge in [0.15, 0.2) is 6.61 Å². The number of hydrogen-bond acceptors (Lipinski definition) is 6. The summed E-state index contributed by atoms with van der Waals surface area (Å²) in [5, 5.41) is 19.6. The molecule has 0 aliphatic carbocycles. The maximum Gasteiger partial charge on any atom is 0.350 e. The van der Waals surface area contributed by atoms with Crippen molar-refractivity contribution in [2.75, 3.05) is 6.61 Å². The Morgan fingerprint density at radius 1 is 1.05 bits per heavy atom. The number of benzene rings is 2. The number of ether oxygens (including phenoxy) is 1. The summed E-state index contributed by atoms with van der Waals surface area (Å²) in [5.41, 5.74) is -3.03. The van der Waals surface area contributed by atoms with Crippen LogP contribution in [0.15, 0.2) is 66.2 Å². The summed E-state index contributed by atoms with van der Waals surface area (Å²) in [5.74, 6) is -6.40. The molecule has 0 aliphatic rings. The summed E-state index contributed by atoms with van der Waals surface area (Å²) >= 11 is 0. The molecular weight excluding hydrogens is 522 g/mol. The number of nitrogens with zero attached hydrogens (tertiary/aromatic N) is 6. The Hall–Kier alpha value is -4.14. The van der Waals surface area contributed by atoms with Gasteiger partial charge in [0.2, 0.25) is 0 Å². The minimum absolute atomic E-state index is 0.141. The third kappa shape index (κ3) is 5.27. The van der Waals surface area contributed by atoms with Crippen molar-refractivity contribution in [1.82, 2.24) is 29.1 Å². The van der Waals surface area contributed by atoms with E-state index in [1.807, 2.05) is 0 Å². The summed E-state index contributed by atoms with van der Waals surface area (Å²) in [4.78, 5) is 16.9. The molecule has 4 rings (SSSR count). The predicted molar refractivity (Wildman–Crippen MR) is 119 cm³/mol. The fraction of sp³-hybridized carbons (Fsp3) is 0.304. The van der Waals surface area contributed by atoms with Crippen LogP contribution < -0.4 is 10.4 Å². The second-order valence-electron chi connectivity index (χ2n) is 8.39. The average Bonchev–Trinajstić information content (AvgIpc) is 3.53. The van der Waals surface area contributed by atoms with E-state index in [1.165, 1.54) is 48.5 Å². The van der Waals surface area contributed by atoms with E-state index < -0.39 is 54.5 Å². The lowest BCUT2D eigenvalue weighted by atomic mass is 9.86. The van der Waals surface area contributed by atoms with Crippen LogP contribution in [-0.4, -0.2) is 53.2 Å². The lowest BCUT2D eigenvalue weighted by Crippen LogP contribution is -2.43. The van der Waals surface area contributed by atoms with E-state index in [0.717, 1.165) is 27.7 Å². The fourth-order valence-corrected chi connectivity index (χ4v) is 3.72. The largest absolute Gasteiger partial charge is 0.487 e. The van der Waals surface area contributed by atoms with Crippen LogP contribution in [0.2, 0.25) is 0 Å². The molecule has 2 aromatic carbocycles. The Kier molecular flexibility index (Phi) is 7.31. The summed E-state index contributed by atoms with van der Waals surface area (Å²) < 4.78 is 86.9. The molecule has 1 N–H and O–H groups in total. The van der Waals surface area contributed by atoms with Crippen molar-refractivity contribution in [3.05, 3.63) is 89.1 Å². The average molecular weight is 542 g/mol. The monoisotopic (exact) mass is 542 g/mol. The molecule has 0 spiro atoms. The summed E-state index contributed by atoms with van der Waals surface area (Å²) in [6.07, 6.45) is -0.314. The van der Waals surface area contributed by atoms with Gasteiger partial charge in [-0.15, -0.1) is 0 Å². The molecule has 0 bridgehead atoms. The van der Waals surface area contributed by atoms with Crippen LogP contribution in [0.4, 0.5) is 26.3 Å². The highest BCUT2D eigenvalue weighted by Gasteiger charge is 2.42. The van der Waals surface area contributed by atoms with Crippen LogP contribution >= 0.6 is 0 Å². The molecule has 0 saturated carbocycles. The number of rotatable bonds is 10. The molecule has 0 fully saturated rings. The van der Waals surface area contributed by atoms with E-state index in [1.54, 1.807) is 0 Å². The standard InChI is InChI=1S/C23H20F6N6O3/c1-14(35-12-30-11-31-35)22(37,18-7-2-15(24)8-19(18)25)9-34-21(36)33(13-32-34)16-3-5-17(6-4-16)38-10-23(28,29)20(26)27/h2-8,11-14,20,37H,9-10H2,1H3/t14?,22-/m0/s1. The topological polar surface area (TPSA) is 100.0 Å². The highest BCUT2D eigenvalue weighted by molar-refractivity contribution is 5.37. The van der Waals surface area contributed by atoms with E-state index in [-0.39, 0.29) is 17.0 Å². The van der Waals surface area contributed by atoms with Crippen LogP contribution in [0, 0.1) is 11.6 Å². The quantitative estimate of drug-likeness (QED) is 0.309. The first-order valence-corrected chi connectivity index (χ1v) is 11.0. The van der Waals surface area contributed by atoms with E-state index in [0.29, 0.717) is 6.07 Å². The van der Waals surface area contributed by atoms with Gasteiger partial charge in [0.05, 0.1) is 18.3 Å². The Balaban J connectivity index is 1.62. The fourth-order valence-electron chi connectivity index (χ4n) is 3.72. The van der Waals surface area contributed by atoms with Gasteiger partial charge in [-0.1, -0.05) is 6.07 Å². The van der Waals surface area contributed by atoms with Gasteiger partial charge in [-0.05, 0) is 37.3 Å². The molecule has 2 atom stereocenters. The van der Waals surface area contributed by atoms with Crippen molar-refractivity contribution in [3.8, 4) is 11.4 Å². The molecule has 15 heteroatoms. The van der Waals surface area contributed by atoms with Gasteiger partial charge in [0, 0.05) is 11.6 Å². The minimum atomic E-state index is -4.33. The lowest BCUT2D eigenvalue weighted by Gasteiger charge is -2.34. The van der Waals surface area contributed by atoms with E-state index in [2.05, 4.69) is 15.2 Å². The maximum absolute atomic E-state index is 14.8. The van der Waals surface area contributed by atoms with Crippen molar-refractivity contribution in [2.45, 2.75) is 37.5 Å². The number of halogens is 6. The second-order valence-corrected chi connectivity index (χ2v) is 8.39. The van der Waals surface area contributed by atoms with Crippen molar-refractivity contribution in [3.63, 3.8) is 0 Å². The number of aromatic nitrogens is 6. The summed E-state index contributed by atoms with van der Waals surface area (Å²) in [6, 6.07) is 6.59. The Bertz CT molecular complexity index is 1440. The van der Waals surface area contributed by atoms with Crippen LogP contribution in [0.3, 0.4) is 0 Å². The van der Waals surface area contributed by atoms with E-state index in [4.69, 9.17) is 4.74 Å². The van der Waals surface area contributed by atoms with E-state index >= 15 is 0 Å². The van der Waals surface area contributed by atoms with Crippen LogP contribution in [0.25, 0.3) is 5.69 Å². The molecule has 4 aromatic rings. The van der Waals surface area contributed by atoms with Gasteiger partial charge in [-0.2, -0.15) is 19.0 Å². The van der Waals surface area contributed by atoms with Crippen LogP contribution in [-0.2, 0) is 12.1 Å². The summed E-state index contributed by atoms with van der Waals surface area (Å²) in [6.45, 7) is -0.619. The smallest absolute Gasteiger partial charge is 0.350 e. The van der Waals surface area contributed by atoms with Crippen LogP contribution in [0.5, 0.6) is 5.75 Å². The van der Waals surface area contributed by atoms with Crippen molar-refractivity contribution in [2.24, 2.45) is 0 Å². The molecule has 202 valence electrons. The SMILES string of the molecule is CC(n1cncn1)[C@@](O)(Cn1ncn(-c2ccc(OCC(F)(F)C(F)F)cc2)c1=O)c1ccc(F)cc1F. The first-order valence-electron chi connectivity index (χ1n) is 11.0. The Labute approximate surface area is 210 Å². The van der Waals surface area contributed by atoms with Gasteiger partial charge in [0.1, 0.15) is 42.0 Å². The molecule has 9 nitrogen and oxygen atoms in total. The summed E-state index contributed by atoms with van der Waals surface area (Å²) in [7, 11) is 0. The third-order valence-electron chi connectivity index (χ3n) is 5.91. The van der Waals surface area contributed by atoms with Gasteiger partial charge < -0.3 is 9.84 Å². The third-order valence-corrected chi connectivity index (χ3v) is 5.91. The normalized spacial score (nSPS) is 14.4. The zero-order valence-electron chi connectivity index (χ0n) is 19.6. The Morgan fingerprint density at radius 3 is 2.37 bits per heavy atom. The highest BCUT2D eigenvalue weighted by Crippen LogP contribution is 2.36. The van der Waals surface area contributed by atoms with Crippen molar-refractivity contribution >= 4 is 0 Å². The zero-order chi connectivity index (χ0) is 27.7. The highest BCUT2D eigenvalue weighted by atomic mass is 19.3. The molecule has 2 aromatic heterocycles. The minimum Gasteiger partial charge on any atom is -0.487 e. The number of aliphatic hydroxyl groups is 1. The zero-order valence-corrected chi connectivity index (χ0v) is 19.6. The van der Waals surface area contributed by atoms with Gasteiger partial charge >= 0.3 is 18.0 Å². The molecule has 0 aliphatic heterocycles. The first kappa shape index (κ1) is 26.9. The molecule has 0 radical (unpaired) electrons. The van der Waals surface area contributed by atoms with Gasteiger partial charge in [0.25, 0.3) is 0 Å². The second kappa shape index (κ2) is 10.3. The molecule has 38 heavy (non-hydrogen) atoms. The molecule has 2 heterocycles. The van der Waals surface area contributed by atoms with Crippen molar-refractivity contribution in [1.29, 1.82) is 0 Å². The van der Waals surface area contributed by atoms with Crippen LogP contribution in [0.1, 0.15) is 18.5 Å². The maximum atomic E-state index is 14.8.